The standard InChI is InChI=1S/C14H14BrNOS/c1-8-4-5-11(6-13(8)15)16-14(17)12-7-18-10(3)9(12)2/h4-7H,1-3H3,(H,16,17). The van der Waals surface area contributed by atoms with Gasteiger partial charge in [0.05, 0.1) is 5.56 Å². The van der Waals surface area contributed by atoms with E-state index in [1.807, 2.05) is 44.4 Å². The van der Waals surface area contributed by atoms with E-state index in [0.717, 1.165) is 26.9 Å². The second-order valence-corrected chi connectivity index (χ2v) is 6.19. The normalized spacial score (nSPS) is 10.4. The Bertz CT molecular complexity index is 604. The molecule has 0 aliphatic carbocycles. The largest absolute Gasteiger partial charge is 0.322 e. The van der Waals surface area contributed by atoms with Gasteiger partial charge in [-0.05, 0) is 44.0 Å². The Balaban J connectivity index is 2.21. The Hall–Kier alpha value is -1.13. The van der Waals surface area contributed by atoms with E-state index in [1.54, 1.807) is 11.3 Å². The molecule has 18 heavy (non-hydrogen) atoms. The topological polar surface area (TPSA) is 29.1 Å². The first kappa shape index (κ1) is 13.3. The van der Waals surface area contributed by atoms with E-state index in [0.29, 0.717) is 0 Å². The molecule has 1 N–H and O–H groups in total. The smallest absolute Gasteiger partial charge is 0.256 e. The number of hydrogen-bond acceptors (Lipinski definition) is 2. The molecule has 0 saturated carbocycles. The van der Waals surface area contributed by atoms with Crippen LogP contribution in [0.3, 0.4) is 0 Å². The molecule has 0 aliphatic heterocycles. The quantitative estimate of drug-likeness (QED) is 0.853. The van der Waals surface area contributed by atoms with Crippen LogP contribution < -0.4 is 5.32 Å². The summed E-state index contributed by atoms with van der Waals surface area (Å²) in [6.45, 7) is 6.02. The van der Waals surface area contributed by atoms with Crippen molar-refractivity contribution in [2.45, 2.75) is 20.8 Å². The van der Waals surface area contributed by atoms with Gasteiger partial charge in [0.1, 0.15) is 0 Å². The minimum Gasteiger partial charge on any atom is -0.322 e. The van der Waals surface area contributed by atoms with Crippen LogP contribution in [0.15, 0.2) is 28.1 Å². The molecule has 4 heteroatoms. The van der Waals surface area contributed by atoms with E-state index < -0.39 is 0 Å². The molecule has 1 aromatic heterocycles. The predicted octanol–water partition coefficient (Wildman–Crippen LogP) is 4.69. The molecule has 0 bridgehead atoms. The fourth-order valence-corrected chi connectivity index (χ4v) is 2.85. The molecule has 2 aromatic rings. The van der Waals surface area contributed by atoms with Gasteiger partial charge in [0.2, 0.25) is 0 Å². The zero-order valence-corrected chi connectivity index (χ0v) is 12.9. The van der Waals surface area contributed by atoms with Crippen LogP contribution in [0, 0.1) is 20.8 Å². The van der Waals surface area contributed by atoms with Gasteiger partial charge in [0, 0.05) is 20.4 Å². The van der Waals surface area contributed by atoms with Crippen molar-refractivity contribution in [1.82, 2.24) is 0 Å². The van der Waals surface area contributed by atoms with Gasteiger partial charge in [-0.3, -0.25) is 4.79 Å². The maximum Gasteiger partial charge on any atom is 0.256 e. The van der Waals surface area contributed by atoms with Crippen molar-refractivity contribution in [1.29, 1.82) is 0 Å². The Morgan fingerprint density at radius 1 is 1.28 bits per heavy atom. The van der Waals surface area contributed by atoms with Crippen LogP contribution in [0.1, 0.15) is 26.4 Å². The minimum atomic E-state index is -0.0485. The third-order valence-corrected chi connectivity index (χ3v) is 4.83. The molecule has 0 fully saturated rings. The van der Waals surface area contributed by atoms with Crippen LogP contribution in [0.5, 0.6) is 0 Å². The van der Waals surface area contributed by atoms with E-state index in [9.17, 15) is 4.79 Å². The van der Waals surface area contributed by atoms with Crippen LogP contribution in [0.2, 0.25) is 0 Å². The summed E-state index contributed by atoms with van der Waals surface area (Å²) in [7, 11) is 0. The zero-order valence-electron chi connectivity index (χ0n) is 10.5. The molecule has 2 nitrogen and oxygen atoms in total. The van der Waals surface area contributed by atoms with E-state index in [-0.39, 0.29) is 5.91 Å². The molecule has 0 aliphatic rings. The van der Waals surface area contributed by atoms with Gasteiger partial charge in [-0.15, -0.1) is 11.3 Å². The third-order valence-electron chi connectivity index (χ3n) is 2.96. The third kappa shape index (κ3) is 2.65. The summed E-state index contributed by atoms with van der Waals surface area (Å²) in [6, 6.07) is 5.81. The zero-order chi connectivity index (χ0) is 13.3. The highest BCUT2D eigenvalue weighted by molar-refractivity contribution is 9.10. The average molecular weight is 324 g/mol. The van der Waals surface area contributed by atoms with Crippen LogP contribution in [0.25, 0.3) is 0 Å². The highest BCUT2D eigenvalue weighted by atomic mass is 79.9. The van der Waals surface area contributed by atoms with E-state index in [1.165, 1.54) is 4.88 Å². The molecule has 94 valence electrons. The Labute approximate surface area is 119 Å². The summed E-state index contributed by atoms with van der Waals surface area (Å²) in [5.74, 6) is -0.0485. The van der Waals surface area contributed by atoms with Crippen molar-refractivity contribution in [3.8, 4) is 0 Å². The molecule has 0 atom stereocenters. The molecular formula is C14H14BrNOS. The number of thiophene rings is 1. The summed E-state index contributed by atoms with van der Waals surface area (Å²) in [6.07, 6.45) is 0. The SMILES string of the molecule is Cc1ccc(NC(=O)c2csc(C)c2C)cc1Br. The van der Waals surface area contributed by atoms with Gasteiger partial charge in [-0.1, -0.05) is 22.0 Å². The van der Waals surface area contributed by atoms with Gasteiger partial charge in [0.25, 0.3) is 5.91 Å². The molecule has 0 unspecified atom stereocenters. The van der Waals surface area contributed by atoms with Crippen LogP contribution >= 0.6 is 27.3 Å². The number of nitrogens with one attached hydrogen (secondary N) is 1. The first-order valence-electron chi connectivity index (χ1n) is 5.61. The molecule has 0 radical (unpaired) electrons. The monoisotopic (exact) mass is 323 g/mol. The Morgan fingerprint density at radius 3 is 2.56 bits per heavy atom. The van der Waals surface area contributed by atoms with E-state index in [2.05, 4.69) is 21.2 Å². The van der Waals surface area contributed by atoms with Crippen molar-refractivity contribution in [3.05, 3.63) is 49.6 Å². The lowest BCUT2D eigenvalue weighted by Crippen LogP contribution is -2.12. The summed E-state index contributed by atoms with van der Waals surface area (Å²) in [5, 5.41) is 4.82. The highest BCUT2D eigenvalue weighted by Gasteiger charge is 2.12. The number of amides is 1. The lowest BCUT2D eigenvalue weighted by molar-refractivity contribution is 0.102. The number of anilines is 1. The fraction of sp³-hybridized carbons (Fsp3) is 0.214. The Kier molecular flexibility index (Phi) is 3.88. The molecule has 1 heterocycles. The summed E-state index contributed by atoms with van der Waals surface area (Å²) in [5.41, 5.74) is 3.77. The molecule has 0 saturated heterocycles. The fourth-order valence-electron chi connectivity index (χ4n) is 1.61. The van der Waals surface area contributed by atoms with Crippen molar-refractivity contribution < 1.29 is 4.79 Å². The van der Waals surface area contributed by atoms with Gasteiger partial charge < -0.3 is 5.32 Å². The number of benzene rings is 1. The average Bonchev–Trinajstić information content (AvgIpc) is 2.65. The van der Waals surface area contributed by atoms with Crippen molar-refractivity contribution in [2.24, 2.45) is 0 Å². The number of halogens is 1. The second kappa shape index (κ2) is 5.24. The summed E-state index contributed by atoms with van der Waals surface area (Å²) >= 11 is 5.07. The van der Waals surface area contributed by atoms with Gasteiger partial charge in [-0.25, -0.2) is 0 Å². The van der Waals surface area contributed by atoms with Gasteiger partial charge in [-0.2, -0.15) is 0 Å². The van der Waals surface area contributed by atoms with E-state index >= 15 is 0 Å². The molecule has 2 rings (SSSR count). The van der Waals surface area contributed by atoms with Gasteiger partial charge in [0.15, 0.2) is 0 Å². The molecule has 0 spiro atoms. The number of rotatable bonds is 2. The number of hydrogen-bond donors (Lipinski definition) is 1. The van der Waals surface area contributed by atoms with Crippen LogP contribution in [-0.4, -0.2) is 5.91 Å². The minimum absolute atomic E-state index is 0.0485. The molecular weight excluding hydrogens is 310 g/mol. The highest BCUT2D eigenvalue weighted by Crippen LogP contribution is 2.24. The first-order chi connectivity index (χ1) is 8.49. The van der Waals surface area contributed by atoms with Crippen LogP contribution in [-0.2, 0) is 0 Å². The van der Waals surface area contributed by atoms with Crippen molar-refractivity contribution in [3.63, 3.8) is 0 Å². The molecule has 1 aromatic carbocycles. The summed E-state index contributed by atoms with van der Waals surface area (Å²) in [4.78, 5) is 13.3. The maximum atomic E-state index is 12.1. The maximum absolute atomic E-state index is 12.1. The van der Waals surface area contributed by atoms with Crippen molar-refractivity contribution in [2.75, 3.05) is 5.32 Å². The predicted molar refractivity (Wildman–Crippen MR) is 80.6 cm³/mol. The van der Waals surface area contributed by atoms with Gasteiger partial charge >= 0.3 is 0 Å². The number of aryl methyl sites for hydroxylation is 2. The number of carbonyl (C=O) groups excluding carboxylic acids is 1. The van der Waals surface area contributed by atoms with E-state index in [4.69, 9.17) is 0 Å². The second-order valence-electron chi connectivity index (χ2n) is 4.25. The lowest BCUT2D eigenvalue weighted by atomic mass is 10.1. The van der Waals surface area contributed by atoms with Crippen molar-refractivity contribution >= 4 is 38.9 Å². The molecule has 1 amide bonds. The summed E-state index contributed by atoms with van der Waals surface area (Å²) < 4.78 is 0.999. The first-order valence-corrected chi connectivity index (χ1v) is 7.28. The lowest BCUT2D eigenvalue weighted by Gasteiger charge is -2.07. The number of carbonyl (C=O) groups is 1. The Morgan fingerprint density at radius 2 is 2.00 bits per heavy atom. The van der Waals surface area contributed by atoms with Crippen LogP contribution in [0.4, 0.5) is 5.69 Å².